The van der Waals surface area contributed by atoms with Gasteiger partial charge in [-0.2, -0.15) is 74.6 Å². The van der Waals surface area contributed by atoms with Gasteiger partial charge >= 0.3 is 47.0 Å². The fourth-order valence-electron chi connectivity index (χ4n) is 2.12. The lowest BCUT2D eigenvalue weighted by Gasteiger charge is -2.42. The van der Waals surface area contributed by atoms with Crippen LogP contribution in [-0.4, -0.2) is 72.4 Å². The summed E-state index contributed by atoms with van der Waals surface area (Å²) in [6.07, 6.45) is -3.41. The van der Waals surface area contributed by atoms with E-state index in [0.29, 0.717) is 10.9 Å². The normalized spacial score (nSPS) is 15.2. The van der Waals surface area contributed by atoms with Crippen molar-refractivity contribution < 1.29 is 87.6 Å². The average molecular weight is 652 g/mol. The number of halogens is 17. The summed E-state index contributed by atoms with van der Waals surface area (Å²) in [4.78, 5) is 1.45. The van der Waals surface area contributed by atoms with Crippen LogP contribution in [-0.2, 0) is 21.0 Å². The third-order valence-corrected chi connectivity index (χ3v) is 6.60. The SMILES string of the molecule is Cc1ccc([S+](C)C)cc1.O=S(=O)([O-])C(F)(F)C(F)(F)C(F)(F)C(F)(F)C(F)(F)C(F)(F)C(F)(F)C(F)(F)F. The summed E-state index contributed by atoms with van der Waals surface area (Å²) in [5.74, 6) is -52.1. The summed E-state index contributed by atoms with van der Waals surface area (Å²) in [6.45, 7) is 2.12. The quantitative estimate of drug-likeness (QED) is 0.178. The molecule has 0 aromatic heterocycles. The zero-order valence-corrected chi connectivity index (χ0v) is 20.4. The van der Waals surface area contributed by atoms with Gasteiger partial charge in [-0.15, -0.1) is 0 Å². The summed E-state index contributed by atoms with van der Waals surface area (Å²) in [5.41, 5.74) is 1.34. The zero-order chi connectivity index (χ0) is 32.1. The molecule has 22 heteroatoms. The molecular weight excluding hydrogens is 639 g/mol. The van der Waals surface area contributed by atoms with E-state index < -0.39 is 57.1 Å². The highest BCUT2D eigenvalue weighted by Gasteiger charge is 2.95. The largest absolute Gasteiger partial charge is 0.743 e. The minimum absolute atomic E-state index is 0.413. The van der Waals surface area contributed by atoms with Crippen molar-refractivity contribution in [1.29, 1.82) is 0 Å². The van der Waals surface area contributed by atoms with E-state index in [1.54, 1.807) is 0 Å². The van der Waals surface area contributed by atoms with Gasteiger partial charge in [0, 0.05) is 10.9 Å². The number of hydrogen-bond donors (Lipinski definition) is 0. The van der Waals surface area contributed by atoms with Gasteiger partial charge in [-0.3, -0.25) is 0 Å². The van der Waals surface area contributed by atoms with E-state index in [9.17, 15) is 87.6 Å². The Morgan fingerprint density at radius 1 is 0.564 bits per heavy atom. The van der Waals surface area contributed by atoms with E-state index in [0.717, 1.165) is 0 Å². The predicted molar refractivity (Wildman–Crippen MR) is 99.0 cm³/mol. The summed E-state index contributed by atoms with van der Waals surface area (Å²) in [7, 11) is -7.73. The molecule has 230 valence electrons. The fourth-order valence-corrected chi connectivity index (χ4v) is 3.24. The molecule has 0 aliphatic rings. The second-order valence-electron chi connectivity index (χ2n) is 7.54. The molecule has 39 heavy (non-hydrogen) atoms. The lowest BCUT2D eigenvalue weighted by Crippen LogP contribution is -2.75. The van der Waals surface area contributed by atoms with Gasteiger partial charge in [-0.1, -0.05) is 17.7 Å². The summed E-state index contributed by atoms with van der Waals surface area (Å²) < 4.78 is 244. The van der Waals surface area contributed by atoms with Gasteiger partial charge in [-0.05, 0) is 19.1 Å². The van der Waals surface area contributed by atoms with E-state index >= 15 is 0 Å². The zero-order valence-electron chi connectivity index (χ0n) is 18.8. The first-order chi connectivity index (χ1) is 16.7. The number of benzene rings is 1. The Morgan fingerprint density at radius 3 is 1.10 bits per heavy atom. The van der Waals surface area contributed by atoms with Gasteiger partial charge < -0.3 is 4.55 Å². The standard InChI is InChI=1S/C9H13S.C8HF17O3S/c1-8-4-6-9(7-5-8)10(2)3;9-1(10,3(13,14)5(17,18)7(21,22)23)2(11,12)4(15,16)6(19,20)8(24,25)29(26,27)28/h4-7H,1-3H3;(H,26,27,28)/q+1;/p-1. The number of rotatable bonds is 8. The van der Waals surface area contributed by atoms with Crippen molar-refractivity contribution in [3.05, 3.63) is 29.8 Å². The van der Waals surface area contributed by atoms with Crippen molar-refractivity contribution in [2.45, 2.75) is 58.8 Å². The first kappa shape index (κ1) is 37.3. The van der Waals surface area contributed by atoms with Gasteiger partial charge in [0.25, 0.3) is 0 Å². The Hall–Kier alpha value is -1.71. The molecule has 0 radical (unpaired) electrons. The molecule has 1 rings (SSSR count). The van der Waals surface area contributed by atoms with E-state index in [2.05, 4.69) is 43.7 Å². The highest BCUT2D eigenvalue weighted by molar-refractivity contribution is 7.95. The van der Waals surface area contributed by atoms with Crippen LogP contribution < -0.4 is 0 Å². The Labute approximate surface area is 210 Å². The molecule has 0 unspecified atom stereocenters. The van der Waals surface area contributed by atoms with Gasteiger partial charge in [0.2, 0.25) is 0 Å². The molecule has 0 atom stereocenters. The Morgan fingerprint density at radius 2 is 0.846 bits per heavy atom. The molecule has 0 heterocycles. The summed E-state index contributed by atoms with van der Waals surface area (Å²) >= 11 is 0. The molecule has 0 bridgehead atoms. The number of aryl methyl sites for hydroxylation is 1. The van der Waals surface area contributed by atoms with E-state index in [1.807, 2.05) is 0 Å². The highest BCUT2D eigenvalue weighted by atomic mass is 32.2. The van der Waals surface area contributed by atoms with Crippen molar-refractivity contribution >= 4 is 21.0 Å². The monoisotopic (exact) mass is 652 g/mol. The lowest BCUT2D eigenvalue weighted by molar-refractivity contribution is -0.458. The third kappa shape index (κ3) is 6.01. The molecule has 0 N–H and O–H groups in total. The maximum absolute atomic E-state index is 13.0. The van der Waals surface area contributed by atoms with Crippen LogP contribution >= 0.6 is 0 Å². The molecule has 0 saturated heterocycles. The van der Waals surface area contributed by atoms with Crippen LogP contribution in [0.1, 0.15) is 5.56 Å². The summed E-state index contributed by atoms with van der Waals surface area (Å²) in [6, 6.07) is 8.75. The second kappa shape index (κ2) is 10.6. The minimum Gasteiger partial charge on any atom is -0.743 e. The summed E-state index contributed by atoms with van der Waals surface area (Å²) in [5, 5.41) is -7.95. The van der Waals surface area contributed by atoms with Crippen molar-refractivity contribution in [1.82, 2.24) is 0 Å². The highest BCUT2D eigenvalue weighted by Crippen LogP contribution is 2.64. The molecule has 0 spiro atoms. The van der Waals surface area contributed by atoms with Crippen LogP contribution in [0.2, 0.25) is 0 Å². The smallest absolute Gasteiger partial charge is 0.460 e. The first-order valence-electron chi connectivity index (χ1n) is 9.01. The van der Waals surface area contributed by atoms with Crippen LogP contribution in [0, 0.1) is 6.92 Å². The van der Waals surface area contributed by atoms with Crippen LogP contribution in [0.5, 0.6) is 0 Å². The van der Waals surface area contributed by atoms with Crippen molar-refractivity contribution in [2.75, 3.05) is 12.5 Å². The minimum atomic E-state index is -8.92. The van der Waals surface area contributed by atoms with Crippen molar-refractivity contribution in [3.8, 4) is 0 Å². The van der Waals surface area contributed by atoms with E-state index in [1.165, 1.54) is 10.5 Å². The van der Waals surface area contributed by atoms with Crippen LogP contribution in [0.25, 0.3) is 0 Å². The Balaban J connectivity index is 0.00000120. The molecule has 1 aromatic rings. The maximum Gasteiger partial charge on any atom is 0.460 e. The third-order valence-electron chi connectivity index (χ3n) is 4.50. The Kier molecular flexibility index (Phi) is 10.1. The van der Waals surface area contributed by atoms with Gasteiger partial charge in [-0.25, -0.2) is 8.42 Å². The van der Waals surface area contributed by atoms with E-state index in [-0.39, 0.29) is 0 Å². The molecule has 0 aliphatic heterocycles. The fraction of sp³-hybridized carbons (Fsp3) is 0.647. The molecule has 0 aliphatic carbocycles. The van der Waals surface area contributed by atoms with Crippen LogP contribution in [0.4, 0.5) is 74.6 Å². The lowest BCUT2D eigenvalue weighted by atomic mass is 9.91. The molecular formula is C17H13F17O3S2. The predicted octanol–water partition coefficient (Wildman–Crippen LogP) is 6.73. The second-order valence-corrected chi connectivity index (χ2v) is 11.1. The van der Waals surface area contributed by atoms with Crippen LogP contribution in [0.15, 0.2) is 29.2 Å². The van der Waals surface area contributed by atoms with Gasteiger partial charge in [0.05, 0.1) is 0 Å². The molecule has 0 fully saturated rings. The maximum atomic E-state index is 13.0. The van der Waals surface area contributed by atoms with Crippen LogP contribution in [0.3, 0.4) is 0 Å². The van der Waals surface area contributed by atoms with E-state index in [4.69, 9.17) is 0 Å². The average Bonchev–Trinajstić information content (AvgIpc) is 2.72. The van der Waals surface area contributed by atoms with Crippen molar-refractivity contribution in [3.63, 3.8) is 0 Å². The number of alkyl halides is 17. The number of hydrogen-bond acceptors (Lipinski definition) is 3. The molecule has 0 amide bonds. The topological polar surface area (TPSA) is 57.2 Å². The van der Waals surface area contributed by atoms with Gasteiger partial charge in [0.15, 0.2) is 15.0 Å². The first-order valence-corrected chi connectivity index (χ1v) is 12.5. The van der Waals surface area contributed by atoms with Crippen molar-refractivity contribution in [2.24, 2.45) is 0 Å². The Bertz CT molecular complexity index is 1090. The molecule has 0 saturated carbocycles. The molecule has 1 aromatic carbocycles. The molecule has 3 nitrogen and oxygen atoms in total. The van der Waals surface area contributed by atoms with Gasteiger partial charge in [0.1, 0.15) is 12.5 Å².